The lowest BCUT2D eigenvalue weighted by Crippen LogP contribution is -2.36. The van der Waals surface area contributed by atoms with Gasteiger partial charge in [0.25, 0.3) is 5.91 Å². The van der Waals surface area contributed by atoms with Gasteiger partial charge in [-0.05, 0) is 37.1 Å². The number of hydrogen-bond donors (Lipinski definition) is 1. The van der Waals surface area contributed by atoms with Crippen molar-refractivity contribution in [2.24, 2.45) is 0 Å². The number of carbonyl (C=O) groups is 1. The van der Waals surface area contributed by atoms with Crippen LogP contribution >= 0.6 is 0 Å². The lowest BCUT2D eigenvalue weighted by molar-refractivity contribution is 0.102. The molecule has 0 bridgehead atoms. The maximum Gasteiger partial charge on any atom is 0.258 e. The smallest absolute Gasteiger partial charge is 0.258 e. The van der Waals surface area contributed by atoms with Crippen LogP contribution in [0.3, 0.4) is 0 Å². The number of sulfonamides is 1. The Kier molecular flexibility index (Phi) is 5.15. The molecule has 2 aromatic carbocycles. The fourth-order valence-electron chi connectivity index (χ4n) is 2.87. The van der Waals surface area contributed by atoms with E-state index in [4.69, 9.17) is 0 Å². The molecule has 0 radical (unpaired) electrons. The molecular formula is C18H19FN2O3S. The van der Waals surface area contributed by atoms with E-state index in [0.29, 0.717) is 13.1 Å². The molecule has 1 aliphatic heterocycles. The summed E-state index contributed by atoms with van der Waals surface area (Å²) in [5.74, 6) is -1.34. The zero-order chi connectivity index (χ0) is 17.9. The maximum atomic E-state index is 13.8. The van der Waals surface area contributed by atoms with E-state index in [2.05, 4.69) is 5.32 Å². The summed E-state index contributed by atoms with van der Waals surface area (Å²) in [4.78, 5) is 12.4. The van der Waals surface area contributed by atoms with Gasteiger partial charge in [-0.1, -0.05) is 30.7 Å². The summed E-state index contributed by atoms with van der Waals surface area (Å²) in [6.07, 6.45) is 2.66. The van der Waals surface area contributed by atoms with Gasteiger partial charge in [0.15, 0.2) is 0 Å². The third-order valence-corrected chi connectivity index (χ3v) is 6.14. The molecule has 0 spiro atoms. The van der Waals surface area contributed by atoms with Crippen LogP contribution in [0.4, 0.5) is 10.1 Å². The molecule has 7 heteroatoms. The van der Waals surface area contributed by atoms with Crippen molar-refractivity contribution in [3.8, 4) is 0 Å². The highest BCUT2D eigenvalue weighted by molar-refractivity contribution is 7.89. The predicted molar refractivity (Wildman–Crippen MR) is 93.4 cm³/mol. The number of amides is 1. The molecule has 0 saturated carbocycles. The van der Waals surface area contributed by atoms with Gasteiger partial charge in [0, 0.05) is 13.1 Å². The van der Waals surface area contributed by atoms with Crippen LogP contribution in [0.15, 0.2) is 53.4 Å². The van der Waals surface area contributed by atoms with Crippen molar-refractivity contribution < 1.29 is 17.6 Å². The van der Waals surface area contributed by atoms with Crippen LogP contribution in [0.1, 0.15) is 29.6 Å². The molecule has 1 amide bonds. The molecule has 0 aliphatic carbocycles. The zero-order valence-electron chi connectivity index (χ0n) is 13.6. The van der Waals surface area contributed by atoms with Crippen LogP contribution in [0.2, 0.25) is 0 Å². The van der Waals surface area contributed by atoms with Crippen molar-refractivity contribution in [2.45, 2.75) is 24.2 Å². The Balaban J connectivity index is 1.91. The van der Waals surface area contributed by atoms with E-state index in [0.717, 1.165) is 19.3 Å². The second kappa shape index (κ2) is 7.33. The Morgan fingerprint density at radius 1 is 0.960 bits per heavy atom. The minimum atomic E-state index is -3.71. The molecule has 1 N–H and O–H groups in total. The third-order valence-electron chi connectivity index (χ3n) is 4.19. The van der Waals surface area contributed by atoms with Gasteiger partial charge in [-0.3, -0.25) is 4.79 Å². The van der Waals surface area contributed by atoms with Crippen molar-refractivity contribution in [3.63, 3.8) is 0 Å². The van der Waals surface area contributed by atoms with Gasteiger partial charge >= 0.3 is 0 Å². The number of halogens is 1. The number of piperidine rings is 1. The summed E-state index contributed by atoms with van der Waals surface area (Å²) < 4.78 is 41.0. The van der Waals surface area contributed by atoms with Gasteiger partial charge in [-0.25, -0.2) is 12.8 Å². The van der Waals surface area contributed by atoms with Gasteiger partial charge in [-0.2, -0.15) is 4.31 Å². The number of benzene rings is 2. The van der Waals surface area contributed by atoms with Crippen molar-refractivity contribution in [1.82, 2.24) is 4.31 Å². The number of carbonyl (C=O) groups excluding carboxylic acids is 1. The van der Waals surface area contributed by atoms with Crippen LogP contribution in [-0.2, 0) is 10.0 Å². The highest BCUT2D eigenvalue weighted by Gasteiger charge is 2.28. The summed E-state index contributed by atoms with van der Waals surface area (Å²) in [7, 11) is -3.71. The number of para-hydroxylation sites is 1. The molecular weight excluding hydrogens is 343 g/mol. The Morgan fingerprint density at radius 2 is 1.60 bits per heavy atom. The van der Waals surface area contributed by atoms with E-state index in [1.807, 2.05) is 0 Å². The fraction of sp³-hybridized carbons (Fsp3) is 0.278. The summed E-state index contributed by atoms with van der Waals surface area (Å²) in [6, 6.07) is 11.8. The van der Waals surface area contributed by atoms with Crippen molar-refractivity contribution >= 4 is 21.6 Å². The highest BCUT2D eigenvalue weighted by atomic mass is 32.2. The molecule has 1 aliphatic rings. The van der Waals surface area contributed by atoms with Crippen LogP contribution < -0.4 is 5.32 Å². The van der Waals surface area contributed by atoms with Gasteiger partial charge < -0.3 is 5.32 Å². The minimum absolute atomic E-state index is 0.0292. The first-order valence-corrected chi connectivity index (χ1v) is 9.59. The van der Waals surface area contributed by atoms with E-state index >= 15 is 0 Å². The molecule has 2 aromatic rings. The lowest BCUT2D eigenvalue weighted by atomic mass is 10.2. The van der Waals surface area contributed by atoms with Gasteiger partial charge in [0.05, 0.1) is 11.3 Å². The molecule has 3 rings (SSSR count). The summed E-state index contributed by atoms with van der Waals surface area (Å²) >= 11 is 0. The van der Waals surface area contributed by atoms with Crippen LogP contribution in [0, 0.1) is 5.82 Å². The van der Waals surface area contributed by atoms with Crippen LogP contribution in [0.25, 0.3) is 0 Å². The predicted octanol–water partition coefficient (Wildman–Crippen LogP) is 3.25. The monoisotopic (exact) mass is 362 g/mol. The standard InChI is InChI=1S/C18H19FN2O3S/c19-15-9-3-2-8-14(15)18(22)20-16-10-4-5-11-17(16)25(23,24)21-12-6-1-7-13-21/h2-5,8-11H,1,6-7,12-13H2,(H,20,22). The first-order chi connectivity index (χ1) is 12.0. The van der Waals surface area contributed by atoms with E-state index in [1.165, 1.54) is 34.6 Å². The number of hydrogen-bond acceptors (Lipinski definition) is 3. The number of anilines is 1. The fourth-order valence-corrected chi connectivity index (χ4v) is 4.54. The van der Waals surface area contributed by atoms with Gasteiger partial charge in [0.1, 0.15) is 10.7 Å². The Morgan fingerprint density at radius 3 is 2.32 bits per heavy atom. The second-order valence-corrected chi connectivity index (χ2v) is 7.80. The molecule has 25 heavy (non-hydrogen) atoms. The summed E-state index contributed by atoms with van der Waals surface area (Å²) in [6.45, 7) is 0.940. The molecule has 1 saturated heterocycles. The topological polar surface area (TPSA) is 66.5 Å². The van der Waals surface area contributed by atoms with E-state index in [9.17, 15) is 17.6 Å². The minimum Gasteiger partial charge on any atom is -0.321 e. The first-order valence-electron chi connectivity index (χ1n) is 8.15. The van der Waals surface area contributed by atoms with Gasteiger partial charge in [0.2, 0.25) is 10.0 Å². The second-order valence-electron chi connectivity index (χ2n) is 5.89. The van der Waals surface area contributed by atoms with Crippen molar-refractivity contribution in [1.29, 1.82) is 0 Å². The normalized spacial score (nSPS) is 15.7. The SMILES string of the molecule is O=C(Nc1ccccc1S(=O)(=O)N1CCCCC1)c1ccccc1F. The quantitative estimate of drug-likeness (QED) is 0.908. The highest BCUT2D eigenvalue weighted by Crippen LogP contribution is 2.27. The number of rotatable bonds is 4. The average Bonchev–Trinajstić information content (AvgIpc) is 2.63. The maximum absolute atomic E-state index is 13.8. The number of nitrogens with one attached hydrogen (secondary N) is 1. The average molecular weight is 362 g/mol. The van der Waals surface area contributed by atoms with Crippen molar-refractivity contribution in [2.75, 3.05) is 18.4 Å². The molecule has 132 valence electrons. The lowest BCUT2D eigenvalue weighted by Gasteiger charge is -2.26. The van der Waals surface area contributed by atoms with E-state index in [1.54, 1.807) is 18.2 Å². The van der Waals surface area contributed by atoms with Crippen LogP contribution in [0.5, 0.6) is 0 Å². The molecule has 1 fully saturated rings. The summed E-state index contributed by atoms with van der Waals surface area (Å²) in [5, 5.41) is 2.53. The van der Waals surface area contributed by atoms with Gasteiger partial charge in [-0.15, -0.1) is 0 Å². The Labute approximate surface area is 146 Å². The molecule has 5 nitrogen and oxygen atoms in total. The molecule has 1 heterocycles. The largest absolute Gasteiger partial charge is 0.321 e. The third kappa shape index (κ3) is 3.72. The van der Waals surface area contributed by atoms with Crippen molar-refractivity contribution in [3.05, 3.63) is 59.9 Å². The Bertz CT molecular complexity index is 877. The molecule has 0 unspecified atom stereocenters. The first kappa shape index (κ1) is 17.6. The summed E-state index contributed by atoms with van der Waals surface area (Å²) in [5.41, 5.74) is 0.0222. The Hall–Kier alpha value is -2.25. The number of nitrogens with zero attached hydrogens (tertiary/aromatic N) is 1. The zero-order valence-corrected chi connectivity index (χ0v) is 14.4. The van der Waals surface area contributed by atoms with E-state index in [-0.39, 0.29) is 16.1 Å². The molecule has 0 aromatic heterocycles. The molecule has 0 atom stereocenters. The van der Waals surface area contributed by atoms with Crippen LogP contribution in [-0.4, -0.2) is 31.7 Å². The van der Waals surface area contributed by atoms with E-state index < -0.39 is 21.7 Å².